The quantitative estimate of drug-likeness (QED) is 0.545. The fraction of sp³-hybridized carbons (Fsp3) is 0.0909. The number of benzene rings is 2. The zero-order valence-electron chi connectivity index (χ0n) is 15.1. The topological polar surface area (TPSA) is 92.1 Å². The van der Waals surface area contributed by atoms with Gasteiger partial charge in [0, 0.05) is 11.5 Å². The number of aromatic nitrogens is 1. The lowest BCUT2D eigenvalue weighted by Gasteiger charge is -2.13. The summed E-state index contributed by atoms with van der Waals surface area (Å²) in [6.45, 7) is 1.46. The normalized spacial score (nSPS) is 11.7. The van der Waals surface area contributed by atoms with Crippen molar-refractivity contribution in [3.05, 3.63) is 78.0 Å². The highest BCUT2D eigenvalue weighted by Gasteiger charge is 2.17. The number of pyridine rings is 1. The number of esters is 1. The minimum Gasteiger partial charge on any atom is -0.449 e. The molecule has 3 aromatic rings. The lowest BCUT2D eigenvalue weighted by Crippen LogP contribution is -2.29. The van der Waals surface area contributed by atoms with E-state index in [0.717, 1.165) is 10.9 Å². The van der Waals surface area contributed by atoms with Crippen LogP contribution in [-0.4, -0.2) is 23.0 Å². The number of hydrogen-bond donors (Lipinski definition) is 1. The van der Waals surface area contributed by atoms with Crippen LogP contribution in [0.4, 0.5) is 5.69 Å². The highest BCUT2D eigenvalue weighted by molar-refractivity contribution is 5.97. The maximum absolute atomic E-state index is 12.2. The van der Waals surface area contributed by atoms with E-state index in [0.29, 0.717) is 16.9 Å². The molecule has 2 aromatic carbocycles. The number of carbonyl (C=O) groups is 2. The monoisotopic (exact) mass is 371 g/mol. The third-order valence-electron chi connectivity index (χ3n) is 3.98. The van der Waals surface area contributed by atoms with Gasteiger partial charge in [0.25, 0.3) is 5.91 Å². The van der Waals surface area contributed by atoms with Crippen molar-refractivity contribution in [2.45, 2.75) is 13.0 Å². The summed E-state index contributed by atoms with van der Waals surface area (Å²) in [7, 11) is 0. The van der Waals surface area contributed by atoms with Gasteiger partial charge >= 0.3 is 5.97 Å². The molecule has 0 saturated heterocycles. The second-order valence-corrected chi connectivity index (χ2v) is 5.99. The Balaban J connectivity index is 1.60. The summed E-state index contributed by atoms with van der Waals surface area (Å²) >= 11 is 0. The van der Waals surface area contributed by atoms with Crippen LogP contribution in [0, 0.1) is 11.3 Å². The maximum Gasteiger partial charge on any atom is 0.331 e. The molecule has 1 atom stereocenters. The van der Waals surface area contributed by atoms with Crippen molar-refractivity contribution in [1.82, 2.24) is 4.98 Å². The molecule has 0 fully saturated rings. The second kappa shape index (κ2) is 8.60. The number of ether oxygens (including phenoxy) is 1. The molecule has 0 aliphatic heterocycles. The first kappa shape index (κ1) is 18.8. The molecule has 0 saturated carbocycles. The molecule has 3 rings (SSSR count). The van der Waals surface area contributed by atoms with Crippen molar-refractivity contribution >= 4 is 34.5 Å². The molecule has 1 N–H and O–H groups in total. The van der Waals surface area contributed by atoms with Gasteiger partial charge in [-0.15, -0.1) is 0 Å². The van der Waals surface area contributed by atoms with E-state index in [4.69, 9.17) is 10.00 Å². The van der Waals surface area contributed by atoms with Gasteiger partial charge in [-0.3, -0.25) is 4.79 Å². The molecule has 0 bridgehead atoms. The number of nitrogens with zero attached hydrogens (tertiary/aromatic N) is 2. The molecule has 0 aliphatic carbocycles. The smallest absolute Gasteiger partial charge is 0.331 e. The highest BCUT2D eigenvalue weighted by atomic mass is 16.5. The van der Waals surface area contributed by atoms with E-state index in [1.165, 1.54) is 19.1 Å². The average Bonchev–Trinajstić information content (AvgIpc) is 2.72. The van der Waals surface area contributed by atoms with Crippen LogP contribution >= 0.6 is 0 Å². The van der Waals surface area contributed by atoms with E-state index in [9.17, 15) is 9.59 Å². The van der Waals surface area contributed by atoms with Gasteiger partial charge in [-0.05, 0) is 37.3 Å². The van der Waals surface area contributed by atoms with E-state index in [1.807, 2.05) is 36.4 Å². The van der Waals surface area contributed by atoms with Crippen LogP contribution in [0.25, 0.3) is 17.0 Å². The van der Waals surface area contributed by atoms with Crippen LogP contribution in [-0.2, 0) is 14.3 Å². The van der Waals surface area contributed by atoms with Gasteiger partial charge in [0.2, 0.25) is 0 Å². The van der Waals surface area contributed by atoms with Crippen LogP contribution in [0.2, 0.25) is 0 Å². The standard InChI is InChI=1S/C22H17N3O3/c1-15(22(27)25-20-9-5-3-7-17(20)14-23)28-21(26)13-12-18-11-10-16-6-2-4-8-19(16)24-18/h2-13,15H,1H3,(H,25,27). The number of amides is 1. The van der Waals surface area contributed by atoms with Gasteiger partial charge in [0.15, 0.2) is 6.10 Å². The zero-order chi connectivity index (χ0) is 19.9. The van der Waals surface area contributed by atoms with Crippen molar-refractivity contribution in [2.24, 2.45) is 0 Å². The highest BCUT2D eigenvalue weighted by Crippen LogP contribution is 2.15. The Morgan fingerprint density at radius 2 is 1.86 bits per heavy atom. The number of hydrogen-bond acceptors (Lipinski definition) is 5. The first-order valence-corrected chi connectivity index (χ1v) is 8.61. The van der Waals surface area contributed by atoms with E-state index >= 15 is 0 Å². The van der Waals surface area contributed by atoms with Crippen LogP contribution in [0.1, 0.15) is 18.2 Å². The molecule has 28 heavy (non-hydrogen) atoms. The Kier molecular flexibility index (Phi) is 5.78. The molecule has 1 heterocycles. The van der Waals surface area contributed by atoms with Crippen LogP contribution in [0.3, 0.4) is 0 Å². The van der Waals surface area contributed by atoms with Crippen molar-refractivity contribution in [2.75, 3.05) is 5.32 Å². The first-order chi connectivity index (χ1) is 13.6. The number of nitrogens with one attached hydrogen (secondary N) is 1. The van der Waals surface area contributed by atoms with Crippen molar-refractivity contribution < 1.29 is 14.3 Å². The lowest BCUT2D eigenvalue weighted by atomic mass is 10.2. The molecule has 0 aliphatic rings. The second-order valence-electron chi connectivity index (χ2n) is 5.99. The van der Waals surface area contributed by atoms with E-state index < -0.39 is 18.0 Å². The Labute approximate surface area is 162 Å². The number of para-hydroxylation sites is 2. The molecule has 6 nitrogen and oxygen atoms in total. The van der Waals surface area contributed by atoms with Gasteiger partial charge in [-0.1, -0.05) is 36.4 Å². The minimum atomic E-state index is -1.02. The molecule has 1 amide bonds. The van der Waals surface area contributed by atoms with E-state index in [-0.39, 0.29) is 0 Å². The van der Waals surface area contributed by atoms with Gasteiger partial charge in [-0.2, -0.15) is 5.26 Å². The Morgan fingerprint density at radius 1 is 1.11 bits per heavy atom. The third-order valence-corrected chi connectivity index (χ3v) is 3.98. The molecular weight excluding hydrogens is 354 g/mol. The first-order valence-electron chi connectivity index (χ1n) is 8.61. The number of nitriles is 1. The number of carbonyl (C=O) groups excluding carboxylic acids is 2. The predicted molar refractivity (Wildman–Crippen MR) is 106 cm³/mol. The lowest BCUT2D eigenvalue weighted by molar-refractivity contribution is -0.148. The molecule has 1 aromatic heterocycles. The molecule has 6 heteroatoms. The third kappa shape index (κ3) is 4.59. The summed E-state index contributed by atoms with van der Waals surface area (Å²) < 4.78 is 5.12. The van der Waals surface area contributed by atoms with Crippen LogP contribution < -0.4 is 5.32 Å². The summed E-state index contributed by atoms with van der Waals surface area (Å²) in [6, 6.07) is 19.9. The van der Waals surface area contributed by atoms with E-state index in [2.05, 4.69) is 10.3 Å². The predicted octanol–water partition coefficient (Wildman–Crippen LogP) is 3.69. The number of rotatable bonds is 5. The molecule has 138 valence electrons. The van der Waals surface area contributed by atoms with Crippen molar-refractivity contribution in [1.29, 1.82) is 5.26 Å². The van der Waals surface area contributed by atoms with Crippen LogP contribution in [0.15, 0.2) is 66.7 Å². The van der Waals surface area contributed by atoms with E-state index in [1.54, 1.807) is 30.3 Å². The molecule has 0 radical (unpaired) electrons. The van der Waals surface area contributed by atoms with Gasteiger partial charge in [0.1, 0.15) is 6.07 Å². The summed E-state index contributed by atoms with van der Waals surface area (Å²) in [4.78, 5) is 28.6. The molecular formula is C22H17N3O3. The fourth-order valence-electron chi connectivity index (χ4n) is 2.52. The summed E-state index contributed by atoms with van der Waals surface area (Å²) in [5.41, 5.74) is 2.13. The van der Waals surface area contributed by atoms with Crippen molar-refractivity contribution in [3.8, 4) is 6.07 Å². The Bertz CT molecular complexity index is 1100. The largest absolute Gasteiger partial charge is 0.449 e. The Hall–Kier alpha value is -3.98. The van der Waals surface area contributed by atoms with Gasteiger partial charge < -0.3 is 10.1 Å². The average molecular weight is 371 g/mol. The van der Waals surface area contributed by atoms with Crippen LogP contribution in [0.5, 0.6) is 0 Å². The Morgan fingerprint density at radius 3 is 2.68 bits per heavy atom. The summed E-state index contributed by atoms with van der Waals surface area (Å²) in [5, 5.41) is 12.6. The molecule has 1 unspecified atom stereocenters. The summed E-state index contributed by atoms with van der Waals surface area (Å²) in [6.07, 6.45) is 1.74. The summed E-state index contributed by atoms with van der Waals surface area (Å²) in [5.74, 6) is -1.18. The number of anilines is 1. The SMILES string of the molecule is CC(OC(=O)C=Cc1ccc2ccccc2n1)C(=O)Nc1ccccc1C#N. The maximum atomic E-state index is 12.2. The minimum absolute atomic E-state index is 0.330. The van der Waals surface area contributed by atoms with Gasteiger partial charge in [-0.25, -0.2) is 9.78 Å². The fourth-order valence-corrected chi connectivity index (χ4v) is 2.52. The van der Waals surface area contributed by atoms with Gasteiger partial charge in [0.05, 0.1) is 22.5 Å². The van der Waals surface area contributed by atoms with Crippen molar-refractivity contribution in [3.63, 3.8) is 0 Å². The zero-order valence-corrected chi connectivity index (χ0v) is 15.1. The molecule has 0 spiro atoms. The number of fused-ring (bicyclic) bond motifs is 1.